The van der Waals surface area contributed by atoms with Crippen molar-refractivity contribution in [3.8, 4) is 0 Å². The SMILES string of the molecule is Cc1ccnc(NC(=O)COC(=O)c2cccnc2Cl)c1. The van der Waals surface area contributed by atoms with Gasteiger partial charge in [-0.3, -0.25) is 4.79 Å². The third-order valence-corrected chi connectivity index (χ3v) is 2.80. The van der Waals surface area contributed by atoms with E-state index in [9.17, 15) is 9.59 Å². The van der Waals surface area contributed by atoms with E-state index in [1.807, 2.05) is 6.92 Å². The normalized spacial score (nSPS) is 10.0. The summed E-state index contributed by atoms with van der Waals surface area (Å²) in [6, 6.07) is 6.54. The largest absolute Gasteiger partial charge is 0.452 e. The lowest BCUT2D eigenvalue weighted by Gasteiger charge is -2.07. The highest BCUT2D eigenvalue weighted by Gasteiger charge is 2.14. The summed E-state index contributed by atoms with van der Waals surface area (Å²) >= 11 is 5.76. The smallest absolute Gasteiger partial charge is 0.341 e. The van der Waals surface area contributed by atoms with E-state index < -0.39 is 18.5 Å². The van der Waals surface area contributed by atoms with Crippen LogP contribution in [0.3, 0.4) is 0 Å². The van der Waals surface area contributed by atoms with Crippen molar-refractivity contribution in [3.63, 3.8) is 0 Å². The van der Waals surface area contributed by atoms with Crippen molar-refractivity contribution < 1.29 is 14.3 Å². The van der Waals surface area contributed by atoms with Gasteiger partial charge in [0, 0.05) is 12.4 Å². The molecular weight excluding hydrogens is 294 g/mol. The van der Waals surface area contributed by atoms with E-state index in [1.165, 1.54) is 12.3 Å². The number of nitrogens with zero attached hydrogens (tertiary/aromatic N) is 2. The van der Waals surface area contributed by atoms with Crippen molar-refractivity contribution in [2.24, 2.45) is 0 Å². The third kappa shape index (κ3) is 4.25. The molecule has 0 aliphatic heterocycles. The first-order valence-electron chi connectivity index (χ1n) is 6.06. The topological polar surface area (TPSA) is 81.2 Å². The van der Waals surface area contributed by atoms with Crippen LogP contribution in [0.4, 0.5) is 5.82 Å². The van der Waals surface area contributed by atoms with Crippen molar-refractivity contribution in [3.05, 3.63) is 52.9 Å². The molecule has 7 heteroatoms. The van der Waals surface area contributed by atoms with Gasteiger partial charge in [0.05, 0.1) is 5.56 Å². The van der Waals surface area contributed by atoms with Gasteiger partial charge in [0.25, 0.3) is 5.91 Å². The molecule has 21 heavy (non-hydrogen) atoms. The van der Waals surface area contributed by atoms with Crippen molar-refractivity contribution in [1.82, 2.24) is 9.97 Å². The van der Waals surface area contributed by atoms with Gasteiger partial charge in [-0.1, -0.05) is 11.6 Å². The van der Waals surface area contributed by atoms with E-state index in [-0.39, 0.29) is 10.7 Å². The Kier molecular flexibility index (Phi) is 4.84. The number of esters is 1. The van der Waals surface area contributed by atoms with Gasteiger partial charge in [-0.05, 0) is 36.8 Å². The Labute approximate surface area is 126 Å². The van der Waals surface area contributed by atoms with Crippen LogP contribution >= 0.6 is 11.6 Å². The molecule has 1 N–H and O–H groups in total. The summed E-state index contributed by atoms with van der Waals surface area (Å²) in [6.07, 6.45) is 3.03. The molecule has 0 saturated heterocycles. The lowest BCUT2D eigenvalue weighted by atomic mass is 10.3. The summed E-state index contributed by atoms with van der Waals surface area (Å²) in [6.45, 7) is 1.45. The number of aryl methyl sites for hydroxylation is 1. The number of carbonyl (C=O) groups is 2. The molecule has 0 radical (unpaired) electrons. The van der Waals surface area contributed by atoms with Gasteiger partial charge in [-0.2, -0.15) is 0 Å². The van der Waals surface area contributed by atoms with E-state index in [1.54, 1.807) is 24.4 Å². The number of carbonyl (C=O) groups excluding carboxylic acids is 2. The molecule has 0 bridgehead atoms. The molecule has 0 saturated carbocycles. The molecule has 2 rings (SSSR count). The van der Waals surface area contributed by atoms with Crippen LogP contribution in [-0.2, 0) is 9.53 Å². The second-order valence-corrected chi connectivity index (χ2v) is 4.54. The van der Waals surface area contributed by atoms with E-state index in [0.717, 1.165) is 5.56 Å². The Morgan fingerprint density at radius 3 is 2.81 bits per heavy atom. The summed E-state index contributed by atoms with van der Waals surface area (Å²) in [5.74, 6) is -0.794. The number of ether oxygens (including phenoxy) is 1. The molecule has 2 aromatic rings. The summed E-state index contributed by atoms with van der Waals surface area (Å²) in [5.41, 5.74) is 1.07. The summed E-state index contributed by atoms with van der Waals surface area (Å²) in [7, 11) is 0. The minimum atomic E-state index is -0.708. The Hall–Kier alpha value is -2.47. The molecule has 6 nitrogen and oxygen atoms in total. The third-order valence-electron chi connectivity index (χ3n) is 2.50. The minimum absolute atomic E-state index is 0.0308. The van der Waals surface area contributed by atoms with Crippen LogP contribution < -0.4 is 5.32 Å². The van der Waals surface area contributed by atoms with Crippen LogP contribution in [0.15, 0.2) is 36.7 Å². The zero-order valence-electron chi connectivity index (χ0n) is 11.2. The number of rotatable bonds is 4. The fourth-order valence-electron chi connectivity index (χ4n) is 1.53. The lowest BCUT2D eigenvalue weighted by molar-refractivity contribution is -0.119. The Bertz CT molecular complexity index is 676. The number of anilines is 1. The molecule has 2 heterocycles. The van der Waals surface area contributed by atoms with E-state index in [2.05, 4.69) is 15.3 Å². The molecule has 1 amide bonds. The first-order chi connectivity index (χ1) is 10.1. The maximum Gasteiger partial charge on any atom is 0.341 e. The standard InChI is InChI=1S/C14H12ClN3O3/c1-9-4-6-16-11(7-9)18-12(19)8-21-14(20)10-3-2-5-17-13(10)15/h2-7H,8H2,1H3,(H,16,18,19). The van der Waals surface area contributed by atoms with Crippen LogP contribution in [0.5, 0.6) is 0 Å². The minimum Gasteiger partial charge on any atom is -0.452 e. The molecule has 0 atom stereocenters. The zero-order chi connectivity index (χ0) is 15.2. The van der Waals surface area contributed by atoms with Crippen molar-refractivity contribution >= 4 is 29.3 Å². The maximum absolute atomic E-state index is 11.7. The van der Waals surface area contributed by atoms with E-state index >= 15 is 0 Å². The number of halogens is 1. The van der Waals surface area contributed by atoms with Crippen molar-refractivity contribution in [2.45, 2.75) is 6.92 Å². The molecule has 0 aliphatic rings. The number of nitrogens with one attached hydrogen (secondary N) is 1. The molecule has 2 aromatic heterocycles. The van der Waals surface area contributed by atoms with Crippen molar-refractivity contribution in [2.75, 3.05) is 11.9 Å². The summed E-state index contributed by atoms with van der Waals surface area (Å²) < 4.78 is 4.87. The predicted molar refractivity (Wildman–Crippen MR) is 77.1 cm³/mol. The number of aromatic nitrogens is 2. The highest BCUT2D eigenvalue weighted by atomic mass is 35.5. The van der Waals surface area contributed by atoms with Crippen LogP contribution in [0, 0.1) is 6.92 Å². The van der Waals surface area contributed by atoms with Crippen LogP contribution in [0.25, 0.3) is 0 Å². The van der Waals surface area contributed by atoms with Gasteiger partial charge in [-0.25, -0.2) is 14.8 Å². The monoisotopic (exact) mass is 305 g/mol. The zero-order valence-corrected chi connectivity index (χ0v) is 11.9. The molecular formula is C14H12ClN3O3. The summed E-state index contributed by atoms with van der Waals surface area (Å²) in [5, 5.41) is 2.56. The lowest BCUT2D eigenvalue weighted by Crippen LogP contribution is -2.21. The fourth-order valence-corrected chi connectivity index (χ4v) is 1.73. The quantitative estimate of drug-likeness (QED) is 0.692. The van der Waals surface area contributed by atoms with E-state index in [0.29, 0.717) is 5.82 Å². The second kappa shape index (κ2) is 6.81. The number of hydrogen-bond donors (Lipinski definition) is 1. The van der Waals surface area contributed by atoms with Crippen LogP contribution in [-0.4, -0.2) is 28.5 Å². The Balaban J connectivity index is 1.90. The predicted octanol–water partition coefficient (Wildman–Crippen LogP) is 2.23. The van der Waals surface area contributed by atoms with Gasteiger partial charge in [-0.15, -0.1) is 0 Å². The van der Waals surface area contributed by atoms with Gasteiger partial charge < -0.3 is 10.1 Å². The first-order valence-corrected chi connectivity index (χ1v) is 6.44. The maximum atomic E-state index is 11.7. The Morgan fingerprint density at radius 1 is 1.29 bits per heavy atom. The van der Waals surface area contributed by atoms with Gasteiger partial charge in [0.15, 0.2) is 6.61 Å². The molecule has 0 aromatic carbocycles. The van der Waals surface area contributed by atoms with E-state index in [4.69, 9.17) is 16.3 Å². The number of amides is 1. The average molecular weight is 306 g/mol. The van der Waals surface area contributed by atoms with Crippen LogP contribution in [0.2, 0.25) is 5.15 Å². The molecule has 108 valence electrons. The highest BCUT2D eigenvalue weighted by molar-refractivity contribution is 6.32. The number of pyridine rings is 2. The second-order valence-electron chi connectivity index (χ2n) is 4.18. The molecule has 0 aliphatic carbocycles. The van der Waals surface area contributed by atoms with Crippen LogP contribution in [0.1, 0.15) is 15.9 Å². The fraction of sp³-hybridized carbons (Fsp3) is 0.143. The van der Waals surface area contributed by atoms with Crippen molar-refractivity contribution in [1.29, 1.82) is 0 Å². The van der Waals surface area contributed by atoms with Gasteiger partial charge in [0.2, 0.25) is 0 Å². The van der Waals surface area contributed by atoms with Gasteiger partial charge in [0.1, 0.15) is 11.0 Å². The Morgan fingerprint density at radius 2 is 2.10 bits per heavy atom. The molecule has 0 fully saturated rings. The molecule has 0 spiro atoms. The highest BCUT2D eigenvalue weighted by Crippen LogP contribution is 2.12. The summed E-state index contributed by atoms with van der Waals surface area (Å²) in [4.78, 5) is 31.1. The average Bonchev–Trinajstić information content (AvgIpc) is 2.45. The number of hydrogen-bond acceptors (Lipinski definition) is 5. The molecule has 0 unspecified atom stereocenters. The van der Waals surface area contributed by atoms with Gasteiger partial charge >= 0.3 is 5.97 Å². The first kappa shape index (κ1) is 14.9.